The molecule has 1 aliphatic rings. The van der Waals surface area contributed by atoms with Gasteiger partial charge in [0.1, 0.15) is 11.7 Å². The van der Waals surface area contributed by atoms with E-state index in [0.717, 1.165) is 15.0 Å². The van der Waals surface area contributed by atoms with Crippen LogP contribution >= 0.6 is 0 Å². The number of nitrogens with two attached hydrogens (primary N) is 1. The van der Waals surface area contributed by atoms with Gasteiger partial charge in [0.25, 0.3) is 5.56 Å². The summed E-state index contributed by atoms with van der Waals surface area (Å²) >= 11 is 0. The Morgan fingerprint density at radius 1 is 1.38 bits per heavy atom. The Labute approximate surface area is 147 Å². The van der Waals surface area contributed by atoms with Gasteiger partial charge >= 0.3 is 5.69 Å². The summed E-state index contributed by atoms with van der Waals surface area (Å²) in [7, 11) is 1.32. The van der Waals surface area contributed by atoms with Crippen LogP contribution in [0.2, 0.25) is 0 Å². The van der Waals surface area contributed by atoms with Crippen LogP contribution in [0.1, 0.15) is 12.0 Å². The second kappa shape index (κ2) is 6.47. The van der Waals surface area contributed by atoms with Crippen LogP contribution in [-0.4, -0.2) is 33.5 Å². The fourth-order valence-electron chi connectivity index (χ4n) is 2.86. The van der Waals surface area contributed by atoms with Gasteiger partial charge in [0, 0.05) is 18.4 Å². The van der Waals surface area contributed by atoms with Gasteiger partial charge in [-0.2, -0.15) is 0 Å². The molecule has 3 N–H and O–H groups in total. The van der Waals surface area contributed by atoms with Crippen molar-refractivity contribution in [1.82, 2.24) is 9.55 Å². The Morgan fingerprint density at radius 2 is 2.04 bits per heavy atom. The maximum Gasteiger partial charge on any atom is 0.330 e. The SMILES string of the molecule is CN(C(=O)C1CC1[N+](=O)[O-])c1c(N)n(Cc2ccccc2)c(=O)[nH]c1=O. The van der Waals surface area contributed by atoms with Gasteiger partial charge in [0.15, 0.2) is 5.69 Å². The number of aromatic amines is 1. The number of hydrogen-bond donors (Lipinski definition) is 2. The molecule has 10 heteroatoms. The van der Waals surface area contributed by atoms with E-state index in [9.17, 15) is 24.5 Å². The summed E-state index contributed by atoms with van der Waals surface area (Å²) < 4.78 is 1.15. The zero-order valence-corrected chi connectivity index (χ0v) is 13.9. The summed E-state index contributed by atoms with van der Waals surface area (Å²) in [6.45, 7) is 0.109. The van der Waals surface area contributed by atoms with E-state index in [1.165, 1.54) is 7.05 Å². The molecule has 1 aliphatic carbocycles. The second-order valence-electron chi connectivity index (χ2n) is 6.16. The number of aromatic nitrogens is 2. The molecule has 0 saturated heterocycles. The summed E-state index contributed by atoms with van der Waals surface area (Å²) in [6.07, 6.45) is 0.123. The highest BCUT2D eigenvalue weighted by atomic mass is 16.6. The van der Waals surface area contributed by atoms with Gasteiger partial charge in [-0.15, -0.1) is 0 Å². The van der Waals surface area contributed by atoms with Crippen LogP contribution < -0.4 is 21.9 Å². The van der Waals surface area contributed by atoms with E-state index in [0.29, 0.717) is 0 Å². The molecule has 2 unspecified atom stereocenters. The first-order chi connectivity index (χ1) is 12.3. The fraction of sp³-hybridized carbons (Fsp3) is 0.312. The molecule has 1 aromatic carbocycles. The zero-order valence-electron chi connectivity index (χ0n) is 13.9. The Hall–Kier alpha value is -3.43. The van der Waals surface area contributed by atoms with Crippen molar-refractivity contribution in [3.8, 4) is 0 Å². The standard InChI is InChI=1S/C16H17N5O5/c1-19(15(23)10-7-11(10)21(25)26)12-13(17)20(16(24)18-14(12)22)8-9-5-3-2-4-6-9/h2-6,10-11H,7-8,17H2,1H3,(H,18,22,24). The molecule has 3 rings (SSSR count). The fourth-order valence-corrected chi connectivity index (χ4v) is 2.86. The Balaban J connectivity index is 1.96. The molecule has 10 nitrogen and oxygen atoms in total. The monoisotopic (exact) mass is 359 g/mol. The number of benzene rings is 1. The van der Waals surface area contributed by atoms with Crippen molar-refractivity contribution in [2.24, 2.45) is 5.92 Å². The Kier molecular flexibility index (Phi) is 4.33. The number of amides is 1. The number of nitrogens with zero attached hydrogens (tertiary/aromatic N) is 3. The van der Waals surface area contributed by atoms with Gasteiger partial charge in [0.05, 0.1) is 6.54 Å². The number of carbonyl (C=O) groups excluding carboxylic acids is 1. The van der Waals surface area contributed by atoms with Crippen molar-refractivity contribution in [3.63, 3.8) is 0 Å². The molecule has 136 valence electrons. The lowest BCUT2D eigenvalue weighted by Gasteiger charge is -2.20. The van der Waals surface area contributed by atoms with Crippen molar-refractivity contribution in [1.29, 1.82) is 0 Å². The highest BCUT2D eigenvalue weighted by Gasteiger charge is 2.54. The van der Waals surface area contributed by atoms with E-state index in [1.807, 2.05) is 6.07 Å². The normalized spacial score (nSPS) is 18.3. The number of nitro groups is 1. The molecule has 1 heterocycles. The molecular weight excluding hydrogens is 342 g/mol. The van der Waals surface area contributed by atoms with E-state index >= 15 is 0 Å². The summed E-state index contributed by atoms with van der Waals surface area (Å²) in [5.41, 5.74) is 5.08. The molecule has 1 saturated carbocycles. The summed E-state index contributed by atoms with van der Waals surface area (Å²) in [4.78, 5) is 50.1. The van der Waals surface area contributed by atoms with E-state index in [-0.39, 0.29) is 24.5 Å². The number of rotatable bonds is 5. The zero-order chi connectivity index (χ0) is 19.0. The molecule has 0 aliphatic heterocycles. The van der Waals surface area contributed by atoms with E-state index in [4.69, 9.17) is 5.73 Å². The second-order valence-corrected chi connectivity index (χ2v) is 6.16. The van der Waals surface area contributed by atoms with Gasteiger partial charge in [-0.25, -0.2) is 4.79 Å². The molecule has 2 aromatic rings. The van der Waals surface area contributed by atoms with Gasteiger partial charge in [-0.1, -0.05) is 30.3 Å². The smallest absolute Gasteiger partial charge is 0.330 e. The topological polar surface area (TPSA) is 144 Å². The first kappa shape index (κ1) is 17.4. The average molecular weight is 359 g/mol. The number of H-pyrrole nitrogens is 1. The lowest BCUT2D eigenvalue weighted by atomic mass is 10.2. The molecular formula is C16H17N5O5. The van der Waals surface area contributed by atoms with Gasteiger partial charge in [-0.05, 0) is 5.56 Å². The van der Waals surface area contributed by atoms with Crippen molar-refractivity contribution >= 4 is 17.4 Å². The number of nitrogens with one attached hydrogen (secondary N) is 1. The Bertz CT molecular complexity index is 981. The van der Waals surface area contributed by atoms with Crippen LogP contribution in [0.5, 0.6) is 0 Å². The summed E-state index contributed by atoms with van der Waals surface area (Å²) in [6, 6.07) is 8.05. The summed E-state index contributed by atoms with van der Waals surface area (Å²) in [5.74, 6) is -1.53. The van der Waals surface area contributed by atoms with Crippen LogP contribution in [0.4, 0.5) is 11.5 Å². The largest absolute Gasteiger partial charge is 0.383 e. The van der Waals surface area contributed by atoms with Crippen molar-refractivity contribution in [2.75, 3.05) is 17.7 Å². The van der Waals surface area contributed by atoms with E-state index in [2.05, 4.69) is 4.98 Å². The lowest BCUT2D eigenvalue weighted by Crippen LogP contribution is -2.40. The van der Waals surface area contributed by atoms with Crippen LogP contribution in [-0.2, 0) is 11.3 Å². The minimum atomic E-state index is -0.944. The summed E-state index contributed by atoms with van der Waals surface area (Å²) in [5, 5.41) is 10.8. The highest BCUT2D eigenvalue weighted by Crippen LogP contribution is 2.35. The van der Waals surface area contributed by atoms with Crippen LogP contribution in [0.3, 0.4) is 0 Å². The average Bonchev–Trinajstić information content (AvgIpc) is 3.39. The van der Waals surface area contributed by atoms with Gasteiger partial charge in [0.2, 0.25) is 11.9 Å². The van der Waals surface area contributed by atoms with E-state index in [1.54, 1.807) is 24.3 Å². The maximum atomic E-state index is 12.4. The lowest BCUT2D eigenvalue weighted by molar-refractivity contribution is -0.497. The molecule has 0 spiro atoms. The molecule has 0 bridgehead atoms. The molecule has 1 fully saturated rings. The third kappa shape index (κ3) is 3.08. The highest BCUT2D eigenvalue weighted by molar-refractivity contribution is 5.98. The predicted molar refractivity (Wildman–Crippen MR) is 93.6 cm³/mol. The quantitative estimate of drug-likeness (QED) is 0.558. The van der Waals surface area contributed by atoms with E-state index < -0.39 is 34.0 Å². The number of nitrogen functional groups attached to an aromatic ring is 1. The third-order valence-corrected chi connectivity index (χ3v) is 4.41. The maximum absolute atomic E-state index is 12.4. The van der Waals surface area contributed by atoms with Crippen LogP contribution in [0.25, 0.3) is 0 Å². The molecule has 2 atom stereocenters. The van der Waals surface area contributed by atoms with Crippen LogP contribution in [0, 0.1) is 16.0 Å². The van der Waals surface area contributed by atoms with Gasteiger partial charge < -0.3 is 10.6 Å². The molecule has 26 heavy (non-hydrogen) atoms. The first-order valence-electron chi connectivity index (χ1n) is 7.89. The minimum absolute atomic E-state index is 0.109. The predicted octanol–water partition coefficient (Wildman–Crippen LogP) is -0.205. The Morgan fingerprint density at radius 3 is 2.62 bits per heavy atom. The van der Waals surface area contributed by atoms with Crippen LogP contribution in [0.15, 0.2) is 39.9 Å². The first-order valence-corrected chi connectivity index (χ1v) is 7.89. The van der Waals surface area contributed by atoms with Crippen molar-refractivity contribution < 1.29 is 9.72 Å². The number of hydrogen-bond acceptors (Lipinski definition) is 6. The van der Waals surface area contributed by atoms with Crippen molar-refractivity contribution in [2.45, 2.75) is 19.0 Å². The van der Waals surface area contributed by atoms with Gasteiger partial charge in [-0.3, -0.25) is 29.3 Å². The minimum Gasteiger partial charge on any atom is -0.383 e. The number of anilines is 2. The number of carbonyl (C=O) groups is 1. The molecule has 0 radical (unpaired) electrons. The molecule has 1 amide bonds. The van der Waals surface area contributed by atoms with Crippen molar-refractivity contribution in [3.05, 3.63) is 66.8 Å². The molecule has 1 aromatic heterocycles. The third-order valence-electron chi connectivity index (χ3n) is 4.41.